The van der Waals surface area contributed by atoms with Crippen molar-refractivity contribution in [3.63, 3.8) is 0 Å². The van der Waals surface area contributed by atoms with E-state index in [1.54, 1.807) is 0 Å². The van der Waals surface area contributed by atoms with Gasteiger partial charge in [0, 0.05) is 17.6 Å². The molecule has 0 unspecified atom stereocenters. The standard InChI is InChI=1S/C14H19N3OS/c1-5-6-7-15-13(18)12-8(2)11-9(3)16-10(4)17-14(11)19-12/h5-7H2,1-4H3,(H,15,18). The third-order valence-electron chi connectivity index (χ3n) is 3.10. The molecule has 2 aromatic heterocycles. The van der Waals surface area contributed by atoms with E-state index in [1.807, 2.05) is 20.8 Å². The first-order chi connectivity index (χ1) is 9.04. The number of hydrogen-bond acceptors (Lipinski definition) is 4. The summed E-state index contributed by atoms with van der Waals surface area (Å²) in [6, 6.07) is 0. The predicted molar refractivity (Wildman–Crippen MR) is 78.9 cm³/mol. The number of amides is 1. The van der Waals surface area contributed by atoms with Crippen LogP contribution in [0.4, 0.5) is 0 Å². The van der Waals surface area contributed by atoms with E-state index in [1.165, 1.54) is 11.3 Å². The number of nitrogens with one attached hydrogen (secondary N) is 1. The van der Waals surface area contributed by atoms with E-state index in [0.717, 1.165) is 51.6 Å². The van der Waals surface area contributed by atoms with E-state index >= 15 is 0 Å². The first kappa shape index (κ1) is 13.9. The summed E-state index contributed by atoms with van der Waals surface area (Å²) in [6.45, 7) is 8.66. The summed E-state index contributed by atoms with van der Waals surface area (Å²) >= 11 is 1.46. The summed E-state index contributed by atoms with van der Waals surface area (Å²) < 4.78 is 0. The minimum atomic E-state index is 0.00556. The van der Waals surface area contributed by atoms with Crippen molar-refractivity contribution in [3.05, 3.63) is 22.0 Å². The van der Waals surface area contributed by atoms with Gasteiger partial charge in [-0.25, -0.2) is 9.97 Å². The van der Waals surface area contributed by atoms with Gasteiger partial charge in [-0.2, -0.15) is 0 Å². The molecule has 4 nitrogen and oxygen atoms in total. The van der Waals surface area contributed by atoms with Crippen molar-refractivity contribution in [2.45, 2.75) is 40.5 Å². The average Bonchev–Trinajstić information content (AvgIpc) is 2.66. The Morgan fingerprint density at radius 1 is 1.26 bits per heavy atom. The van der Waals surface area contributed by atoms with Crippen LogP contribution in [0.2, 0.25) is 0 Å². The van der Waals surface area contributed by atoms with Crippen LogP contribution in [0.15, 0.2) is 0 Å². The summed E-state index contributed by atoms with van der Waals surface area (Å²) in [6.07, 6.45) is 2.09. The number of fused-ring (bicyclic) bond motifs is 1. The summed E-state index contributed by atoms with van der Waals surface area (Å²) in [7, 11) is 0. The van der Waals surface area contributed by atoms with Crippen LogP contribution in [-0.4, -0.2) is 22.4 Å². The van der Waals surface area contributed by atoms with Gasteiger partial charge in [-0.05, 0) is 32.8 Å². The van der Waals surface area contributed by atoms with Gasteiger partial charge in [-0.15, -0.1) is 11.3 Å². The lowest BCUT2D eigenvalue weighted by atomic mass is 10.1. The molecule has 0 atom stereocenters. The minimum Gasteiger partial charge on any atom is -0.351 e. The van der Waals surface area contributed by atoms with Crippen molar-refractivity contribution in [2.75, 3.05) is 6.54 Å². The number of hydrogen-bond donors (Lipinski definition) is 1. The van der Waals surface area contributed by atoms with E-state index < -0.39 is 0 Å². The van der Waals surface area contributed by atoms with Crippen LogP contribution in [0.25, 0.3) is 10.2 Å². The molecular weight excluding hydrogens is 258 g/mol. The second kappa shape index (κ2) is 5.65. The molecule has 0 radical (unpaired) electrons. The molecule has 5 heteroatoms. The Morgan fingerprint density at radius 2 is 2.00 bits per heavy atom. The third-order valence-corrected chi connectivity index (χ3v) is 4.29. The highest BCUT2D eigenvalue weighted by Crippen LogP contribution is 2.31. The van der Waals surface area contributed by atoms with Gasteiger partial charge in [0.05, 0.1) is 4.88 Å². The quantitative estimate of drug-likeness (QED) is 0.873. The highest BCUT2D eigenvalue weighted by molar-refractivity contribution is 7.20. The largest absolute Gasteiger partial charge is 0.351 e. The molecule has 0 aliphatic carbocycles. The lowest BCUT2D eigenvalue weighted by molar-refractivity contribution is 0.0957. The maximum absolute atomic E-state index is 12.2. The van der Waals surface area contributed by atoms with E-state index in [9.17, 15) is 4.79 Å². The molecule has 1 N–H and O–H groups in total. The molecule has 0 aliphatic rings. The van der Waals surface area contributed by atoms with E-state index in [2.05, 4.69) is 22.2 Å². The van der Waals surface area contributed by atoms with Crippen LogP contribution in [-0.2, 0) is 0 Å². The number of rotatable bonds is 4. The second-order valence-electron chi connectivity index (χ2n) is 4.70. The number of nitrogens with zero attached hydrogens (tertiary/aromatic N) is 2. The fraction of sp³-hybridized carbons (Fsp3) is 0.500. The van der Waals surface area contributed by atoms with Gasteiger partial charge in [0.2, 0.25) is 0 Å². The number of thiophene rings is 1. The van der Waals surface area contributed by atoms with E-state index in [0.29, 0.717) is 0 Å². The zero-order chi connectivity index (χ0) is 14.0. The second-order valence-corrected chi connectivity index (χ2v) is 5.70. The van der Waals surface area contributed by atoms with Crippen molar-refractivity contribution < 1.29 is 4.79 Å². The zero-order valence-electron chi connectivity index (χ0n) is 11.8. The lowest BCUT2D eigenvalue weighted by Crippen LogP contribution is -2.23. The Labute approximate surface area is 117 Å². The highest BCUT2D eigenvalue weighted by atomic mass is 32.1. The molecule has 102 valence electrons. The predicted octanol–water partition coefficient (Wildman–Crippen LogP) is 3.15. The first-order valence-electron chi connectivity index (χ1n) is 6.57. The average molecular weight is 277 g/mol. The zero-order valence-corrected chi connectivity index (χ0v) is 12.6. The maximum Gasteiger partial charge on any atom is 0.261 e. The number of carbonyl (C=O) groups excluding carboxylic acids is 1. The van der Waals surface area contributed by atoms with Gasteiger partial charge in [-0.3, -0.25) is 4.79 Å². The van der Waals surface area contributed by atoms with Gasteiger partial charge < -0.3 is 5.32 Å². The van der Waals surface area contributed by atoms with Crippen LogP contribution in [0.5, 0.6) is 0 Å². The van der Waals surface area contributed by atoms with Crippen LogP contribution >= 0.6 is 11.3 Å². The minimum absolute atomic E-state index is 0.00556. The van der Waals surface area contributed by atoms with Gasteiger partial charge in [0.25, 0.3) is 5.91 Å². The van der Waals surface area contributed by atoms with Crippen molar-refractivity contribution in [3.8, 4) is 0 Å². The molecule has 19 heavy (non-hydrogen) atoms. The van der Waals surface area contributed by atoms with Crippen LogP contribution < -0.4 is 5.32 Å². The van der Waals surface area contributed by atoms with Crippen LogP contribution in [0.3, 0.4) is 0 Å². The van der Waals surface area contributed by atoms with Gasteiger partial charge in [-0.1, -0.05) is 13.3 Å². The SMILES string of the molecule is CCCCNC(=O)c1sc2nc(C)nc(C)c2c1C. The Hall–Kier alpha value is -1.49. The number of aryl methyl sites for hydroxylation is 3. The molecule has 0 bridgehead atoms. The molecule has 2 heterocycles. The van der Waals surface area contributed by atoms with E-state index in [-0.39, 0.29) is 5.91 Å². The maximum atomic E-state index is 12.2. The monoisotopic (exact) mass is 277 g/mol. The molecule has 2 aromatic rings. The number of unbranched alkanes of at least 4 members (excludes halogenated alkanes) is 1. The van der Waals surface area contributed by atoms with Crippen LogP contribution in [0.1, 0.15) is 46.5 Å². The Morgan fingerprint density at radius 3 is 2.68 bits per heavy atom. The molecule has 2 rings (SSSR count). The fourth-order valence-electron chi connectivity index (χ4n) is 2.15. The fourth-order valence-corrected chi connectivity index (χ4v) is 3.34. The highest BCUT2D eigenvalue weighted by Gasteiger charge is 2.18. The first-order valence-corrected chi connectivity index (χ1v) is 7.38. The topological polar surface area (TPSA) is 54.9 Å². The molecule has 1 amide bonds. The van der Waals surface area contributed by atoms with Crippen molar-refractivity contribution in [1.29, 1.82) is 0 Å². The summed E-state index contributed by atoms with van der Waals surface area (Å²) in [4.78, 5) is 22.6. The van der Waals surface area contributed by atoms with Gasteiger partial charge in [0.15, 0.2) is 0 Å². The van der Waals surface area contributed by atoms with Gasteiger partial charge >= 0.3 is 0 Å². The summed E-state index contributed by atoms with van der Waals surface area (Å²) in [5, 5.41) is 3.98. The van der Waals surface area contributed by atoms with Crippen molar-refractivity contribution >= 4 is 27.5 Å². The summed E-state index contributed by atoms with van der Waals surface area (Å²) in [5.74, 6) is 0.759. The molecule has 0 aromatic carbocycles. The van der Waals surface area contributed by atoms with Gasteiger partial charge in [0.1, 0.15) is 10.7 Å². The Balaban J connectivity index is 2.37. The normalized spacial score (nSPS) is 10.9. The summed E-state index contributed by atoms with van der Waals surface area (Å²) in [5.41, 5.74) is 1.94. The smallest absolute Gasteiger partial charge is 0.261 e. The Kier molecular flexibility index (Phi) is 4.14. The number of carbonyl (C=O) groups is 1. The van der Waals surface area contributed by atoms with Crippen molar-refractivity contribution in [2.24, 2.45) is 0 Å². The third kappa shape index (κ3) is 2.76. The van der Waals surface area contributed by atoms with Crippen molar-refractivity contribution in [1.82, 2.24) is 15.3 Å². The molecule has 0 aliphatic heterocycles. The Bertz CT molecular complexity index is 619. The van der Waals surface area contributed by atoms with E-state index in [4.69, 9.17) is 0 Å². The lowest BCUT2D eigenvalue weighted by Gasteiger charge is -2.03. The molecule has 0 saturated heterocycles. The van der Waals surface area contributed by atoms with Crippen LogP contribution in [0, 0.1) is 20.8 Å². The molecular formula is C14H19N3OS. The molecule has 0 saturated carbocycles. The molecule has 0 spiro atoms. The number of aromatic nitrogens is 2. The molecule has 0 fully saturated rings.